The van der Waals surface area contributed by atoms with Crippen LogP contribution in [0.3, 0.4) is 0 Å². The summed E-state index contributed by atoms with van der Waals surface area (Å²) in [7, 11) is 0. The van der Waals surface area contributed by atoms with Gasteiger partial charge >= 0.3 is 5.97 Å². The van der Waals surface area contributed by atoms with Gasteiger partial charge in [-0.1, -0.05) is 22.0 Å². The molecule has 0 radical (unpaired) electrons. The molecule has 1 heterocycles. The van der Waals surface area contributed by atoms with Crippen molar-refractivity contribution in [2.75, 3.05) is 0 Å². The van der Waals surface area contributed by atoms with Gasteiger partial charge in [0, 0.05) is 16.2 Å². The van der Waals surface area contributed by atoms with Crippen molar-refractivity contribution in [1.29, 1.82) is 0 Å². The Morgan fingerprint density at radius 1 is 1.53 bits per heavy atom. The smallest absolute Gasteiger partial charge is 0.338 e. The molecule has 1 aromatic heterocycles. The van der Waals surface area contributed by atoms with Gasteiger partial charge in [-0.2, -0.15) is 5.10 Å². The molecular weight excluding hydrogens is 291 g/mol. The topological polar surface area (TPSA) is 55.1 Å². The second-order valence-corrected chi connectivity index (χ2v) is 4.38. The van der Waals surface area contributed by atoms with Gasteiger partial charge in [-0.3, -0.25) is 4.68 Å². The molecule has 0 saturated carbocycles. The Bertz CT molecular complexity index is 568. The Balaban J connectivity index is 2.22. The van der Waals surface area contributed by atoms with E-state index < -0.39 is 5.97 Å². The fraction of sp³-hybridized carbons (Fsp3) is 0.0909. The molecule has 0 fully saturated rings. The molecule has 88 valence electrons. The summed E-state index contributed by atoms with van der Waals surface area (Å²) >= 11 is 3.16. The molecule has 2 aromatic rings. The molecule has 0 unspecified atom stereocenters. The van der Waals surface area contributed by atoms with Gasteiger partial charge < -0.3 is 5.11 Å². The highest BCUT2D eigenvalue weighted by molar-refractivity contribution is 9.10. The van der Waals surface area contributed by atoms with Gasteiger partial charge in [-0.25, -0.2) is 9.18 Å². The predicted octanol–water partition coefficient (Wildman–Crippen LogP) is 2.53. The Kier molecular flexibility index (Phi) is 3.23. The van der Waals surface area contributed by atoms with Crippen molar-refractivity contribution in [3.63, 3.8) is 0 Å². The molecule has 0 aliphatic rings. The molecule has 17 heavy (non-hydrogen) atoms. The quantitative estimate of drug-likeness (QED) is 0.947. The highest BCUT2D eigenvalue weighted by atomic mass is 79.9. The third-order valence-electron chi connectivity index (χ3n) is 2.23. The van der Waals surface area contributed by atoms with Crippen LogP contribution in [0.25, 0.3) is 0 Å². The maximum atomic E-state index is 13.5. The number of rotatable bonds is 3. The van der Waals surface area contributed by atoms with Gasteiger partial charge in [0.15, 0.2) is 0 Å². The molecule has 0 bridgehead atoms. The molecule has 0 atom stereocenters. The molecular formula is C11H8BrFN2O2. The minimum Gasteiger partial charge on any atom is -0.478 e. The molecule has 1 N–H and O–H groups in total. The number of carboxylic acids is 1. The summed E-state index contributed by atoms with van der Waals surface area (Å²) in [6.45, 7) is 0.201. The van der Waals surface area contributed by atoms with E-state index in [1.807, 2.05) is 0 Å². The number of carbonyl (C=O) groups is 1. The minimum absolute atomic E-state index is 0.0857. The van der Waals surface area contributed by atoms with Crippen molar-refractivity contribution in [1.82, 2.24) is 9.78 Å². The van der Waals surface area contributed by atoms with Crippen LogP contribution in [0.4, 0.5) is 4.39 Å². The molecule has 0 aliphatic carbocycles. The molecule has 0 saturated heterocycles. The first-order valence-electron chi connectivity index (χ1n) is 4.76. The number of benzene rings is 1. The predicted molar refractivity (Wildman–Crippen MR) is 62.4 cm³/mol. The first-order chi connectivity index (χ1) is 8.06. The van der Waals surface area contributed by atoms with Crippen molar-refractivity contribution < 1.29 is 14.3 Å². The van der Waals surface area contributed by atoms with E-state index in [1.165, 1.54) is 23.1 Å². The number of aromatic nitrogens is 2. The maximum Gasteiger partial charge on any atom is 0.338 e. The number of nitrogens with zero attached hydrogens (tertiary/aromatic N) is 2. The Hall–Kier alpha value is -1.69. The summed E-state index contributed by atoms with van der Waals surface area (Å²) in [6.07, 6.45) is 2.60. The van der Waals surface area contributed by atoms with Gasteiger partial charge in [0.1, 0.15) is 5.82 Å². The van der Waals surface area contributed by atoms with Gasteiger partial charge in [0.2, 0.25) is 0 Å². The monoisotopic (exact) mass is 298 g/mol. The molecule has 0 spiro atoms. The highest BCUT2D eigenvalue weighted by Crippen LogP contribution is 2.16. The zero-order chi connectivity index (χ0) is 12.4. The first kappa shape index (κ1) is 11.8. The highest BCUT2D eigenvalue weighted by Gasteiger charge is 2.08. The zero-order valence-electron chi connectivity index (χ0n) is 8.60. The summed E-state index contributed by atoms with van der Waals surface area (Å²) in [4.78, 5) is 10.6. The molecule has 0 amide bonds. The minimum atomic E-state index is -1.05. The van der Waals surface area contributed by atoms with Gasteiger partial charge in [-0.05, 0) is 12.1 Å². The third-order valence-corrected chi connectivity index (χ3v) is 2.72. The van der Waals surface area contributed by atoms with Crippen molar-refractivity contribution in [2.45, 2.75) is 6.54 Å². The lowest BCUT2D eigenvalue weighted by molar-refractivity contribution is 0.0697. The first-order valence-corrected chi connectivity index (χ1v) is 5.55. The number of halogens is 2. The maximum absolute atomic E-state index is 13.5. The van der Waals surface area contributed by atoms with Crippen molar-refractivity contribution in [2.24, 2.45) is 0 Å². The van der Waals surface area contributed by atoms with E-state index in [1.54, 1.807) is 12.1 Å². The number of hydrogen-bond acceptors (Lipinski definition) is 2. The van der Waals surface area contributed by atoms with Crippen molar-refractivity contribution >= 4 is 21.9 Å². The standard InChI is InChI=1S/C11H8BrFN2O2/c12-9-2-1-7(10(13)3-9)5-15-6-8(4-14-15)11(16)17/h1-4,6H,5H2,(H,16,17). The summed E-state index contributed by atoms with van der Waals surface area (Å²) in [5.41, 5.74) is 0.538. The van der Waals surface area contributed by atoms with E-state index in [0.717, 1.165) is 0 Å². The summed E-state index contributed by atoms with van der Waals surface area (Å²) in [5.74, 6) is -1.40. The van der Waals surface area contributed by atoms with E-state index in [0.29, 0.717) is 10.0 Å². The fourth-order valence-electron chi connectivity index (χ4n) is 1.38. The SMILES string of the molecule is O=C(O)c1cnn(Cc2ccc(Br)cc2F)c1. The van der Waals surface area contributed by atoms with Crippen LogP contribution in [0.15, 0.2) is 35.1 Å². The largest absolute Gasteiger partial charge is 0.478 e. The van der Waals surface area contributed by atoms with E-state index in [-0.39, 0.29) is 17.9 Å². The van der Waals surface area contributed by atoms with Crippen molar-refractivity contribution in [3.8, 4) is 0 Å². The van der Waals surface area contributed by atoms with Gasteiger partial charge in [0.05, 0.1) is 18.3 Å². The van der Waals surface area contributed by atoms with Crippen LogP contribution >= 0.6 is 15.9 Å². The van der Waals surface area contributed by atoms with Crippen LogP contribution in [0.5, 0.6) is 0 Å². The summed E-state index contributed by atoms with van der Waals surface area (Å²) in [6, 6.07) is 4.71. The molecule has 1 aromatic carbocycles. The van der Waals surface area contributed by atoms with E-state index in [4.69, 9.17) is 5.11 Å². The lowest BCUT2D eigenvalue weighted by atomic mass is 10.2. The summed E-state index contributed by atoms with van der Waals surface area (Å²) in [5, 5.41) is 12.6. The van der Waals surface area contributed by atoms with Gasteiger partial charge in [-0.15, -0.1) is 0 Å². The molecule has 6 heteroatoms. The van der Waals surface area contributed by atoms with Crippen LogP contribution in [0.2, 0.25) is 0 Å². The Labute approximate surface area is 105 Å². The lowest BCUT2D eigenvalue weighted by Crippen LogP contribution is -2.02. The fourth-order valence-corrected chi connectivity index (χ4v) is 1.72. The van der Waals surface area contributed by atoms with Crippen LogP contribution in [0.1, 0.15) is 15.9 Å². The van der Waals surface area contributed by atoms with E-state index >= 15 is 0 Å². The van der Waals surface area contributed by atoms with Gasteiger partial charge in [0.25, 0.3) is 0 Å². The second kappa shape index (κ2) is 4.67. The number of hydrogen-bond donors (Lipinski definition) is 1. The Morgan fingerprint density at radius 3 is 2.88 bits per heavy atom. The van der Waals surface area contributed by atoms with Crippen LogP contribution in [-0.2, 0) is 6.54 Å². The average molecular weight is 299 g/mol. The summed E-state index contributed by atoms with van der Waals surface area (Å²) < 4.78 is 15.6. The third kappa shape index (κ3) is 2.71. The Morgan fingerprint density at radius 2 is 2.29 bits per heavy atom. The average Bonchev–Trinajstić information content (AvgIpc) is 2.71. The molecule has 4 nitrogen and oxygen atoms in total. The zero-order valence-corrected chi connectivity index (χ0v) is 10.2. The van der Waals surface area contributed by atoms with E-state index in [2.05, 4.69) is 21.0 Å². The van der Waals surface area contributed by atoms with Crippen LogP contribution in [-0.4, -0.2) is 20.9 Å². The lowest BCUT2D eigenvalue weighted by Gasteiger charge is -2.03. The van der Waals surface area contributed by atoms with E-state index in [9.17, 15) is 9.18 Å². The number of aromatic carboxylic acids is 1. The van der Waals surface area contributed by atoms with Crippen LogP contribution in [0, 0.1) is 5.82 Å². The number of carboxylic acid groups (broad SMARTS) is 1. The molecule has 2 rings (SSSR count). The molecule has 0 aliphatic heterocycles. The van der Waals surface area contributed by atoms with Crippen LogP contribution < -0.4 is 0 Å². The normalized spacial score (nSPS) is 10.5. The second-order valence-electron chi connectivity index (χ2n) is 3.47. The van der Waals surface area contributed by atoms with Crippen molar-refractivity contribution in [3.05, 3.63) is 52.0 Å².